The summed E-state index contributed by atoms with van der Waals surface area (Å²) in [5.74, 6) is -0.457. The molecule has 0 radical (unpaired) electrons. The van der Waals surface area contributed by atoms with E-state index in [1.54, 1.807) is 27.7 Å². The number of nitrogens with zero attached hydrogens (tertiary/aromatic N) is 1. The van der Waals surface area contributed by atoms with Crippen molar-refractivity contribution in [3.8, 4) is 0 Å². The van der Waals surface area contributed by atoms with Crippen LogP contribution in [-0.4, -0.2) is 43.1 Å². The minimum absolute atomic E-state index is 0.155. The predicted molar refractivity (Wildman–Crippen MR) is 71.2 cm³/mol. The fourth-order valence-electron chi connectivity index (χ4n) is 1.63. The van der Waals surface area contributed by atoms with E-state index in [1.807, 2.05) is 0 Å². The quantitative estimate of drug-likeness (QED) is 0.568. The molecule has 1 heterocycles. The van der Waals surface area contributed by atoms with Crippen molar-refractivity contribution >= 4 is 16.2 Å². The summed E-state index contributed by atoms with van der Waals surface area (Å²) in [6.45, 7) is 6.17. The Morgan fingerprint density at radius 3 is 2.32 bits per heavy atom. The highest BCUT2D eigenvalue weighted by Crippen LogP contribution is 2.29. The van der Waals surface area contributed by atoms with Crippen molar-refractivity contribution in [3.63, 3.8) is 0 Å². The van der Waals surface area contributed by atoms with Crippen LogP contribution in [0.5, 0.6) is 0 Å². The van der Waals surface area contributed by atoms with Crippen LogP contribution in [0.15, 0.2) is 11.8 Å². The summed E-state index contributed by atoms with van der Waals surface area (Å²) in [5, 5.41) is 0. The van der Waals surface area contributed by atoms with E-state index in [-0.39, 0.29) is 12.5 Å². The molecule has 1 amide bonds. The second-order valence-corrected chi connectivity index (χ2v) is 7.38. The SMILES string of the molecule is CC1CC=C(OS(=O)(=O)C(F)(F)F)CN1C(=O)OC(C)(C)C. The lowest BCUT2D eigenvalue weighted by Gasteiger charge is -2.34. The maximum atomic E-state index is 12.3. The van der Waals surface area contributed by atoms with Gasteiger partial charge in [0.15, 0.2) is 0 Å². The molecule has 1 atom stereocenters. The molecule has 0 bridgehead atoms. The largest absolute Gasteiger partial charge is 0.534 e. The summed E-state index contributed by atoms with van der Waals surface area (Å²) in [6, 6.07) is -0.351. The van der Waals surface area contributed by atoms with E-state index >= 15 is 0 Å². The molecule has 10 heteroatoms. The standard InChI is InChI=1S/C12H18F3NO5S/c1-8-5-6-9(21-22(18,19)12(13,14)15)7-16(8)10(17)20-11(2,3)4/h6,8H,5,7H2,1-4H3. The smallest absolute Gasteiger partial charge is 0.444 e. The number of hydrogen-bond acceptors (Lipinski definition) is 5. The van der Waals surface area contributed by atoms with Gasteiger partial charge in [0.05, 0.1) is 6.54 Å². The molecule has 0 aliphatic carbocycles. The molecular weight excluding hydrogens is 327 g/mol. The van der Waals surface area contributed by atoms with Gasteiger partial charge in [0.1, 0.15) is 11.4 Å². The van der Waals surface area contributed by atoms with Gasteiger partial charge in [-0.15, -0.1) is 0 Å². The van der Waals surface area contributed by atoms with Crippen molar-refractivity contribution < 1.29 is 35.3 Å². The Morgan fingerprint density at radius 2 is 1.86 bits per heavy atom. The van der Waals surface area contributed by atoms with Gasteiger partial charge in [0.2, 0.25) is 0 Å². The number of carbonyl (C=O) groups excluding carboxylic acids is 1. The van der Waals surface area contributed by atoms with E-state index < -0.39 is 39.6 Å². The zero-order valence-electron chi connectivity index (χ0n) is 12.6. The van der Waals surface area contributed by atoms with Crippen LogP contribution in [0, 0.1) is 0 Å². The number of amides is 1. The van der Waals surface area contributed by atoms with Crippen molar-refractivity contribution in [3.05, 3.63) is 11.8 Å². The van der Waals surface area contributed by atoms with Crippen molar-refractivity contribution in [1.29, 1.82) is 0 Å². The summed E-state index contributed by atoms with van der Waals surface area (Å²) in [7, 11) is -5.75. The zero-order chi connectivity index (χ0) is 17.3. The van der Waals surface area contributed by atoms with Gasteiger partial charge in [-0.2, -0.15) is 21.6 Å². The van der Waals surface area contributed by atoms with E-state index in [0.717, 1.165) is 4.90 Å². The van der Waals surface area contributed by atoms with Gasteiger partial charge >= 0.3 is 21.7 Å². The number of alkyl halides is 3. The first-order valence-electron chi connectivity index (χ1n) is 6.42. The van der Waals surface area contributed by atoms with Crippen LogP contribution in [0.2, 0.25) is 0 Å². The van der Waals surface area contributed by atoms with Crippen molar-refractivity contribution in [2.24, 2.45) is 0 Å². The lowest BCUT2D eigenvalue weighted by molar-refractivity contribution is -0.0527. The third-order valence-electron chi connectivity index (χ3n) is 2.67. The fraction of sp³-hybridized carbons (Fsp3) is 0.750. The number of carbonyl (C=O) groups is 1. The van der Waals surface area contributed by atoms with Crippen LogP contribution in [0.3, 0.4) is 0 Å². The van der Waals surface area contributed by atoms with Crippen LogP contribution < -0.4 is 0 Å². The van der Waals surface area contributed by atoms with E-state index in [0.29, 0.717) is 0 Å². The minimum atomic E-state index is -5.75. The molecule has 0 N–H and O–H groups in total. The van der Waals surface area contributed by atoms with Crippen LogP contribution >= 0.6 is 0 Å². The topological polar surface area (TPSA) is 72.9 Å². The normalized spacial score (nSPS) is 20.4. The molecule has 0 aromatic carbocycles. The first-order chi connectivity index (χ1) is 9.73. The Kier molecular flexibility index (Phi) is 5.05. The third-order valence-corrected chi connectivity index (χ3v) is 3.67. The second-order valence-electron chi connectivity index (χ2n) is 5.85. The van der Waals surface area contributed by atoms with Crippen LogP contribution in [0.1, 0.15) is 34.1 Å². The van der Waals surface area contributed by atoms with E-state index in [2.05, 4.69) is 4.18 Å². The molecule has 1 unspecified atom stereocenters. The van der Waals surface area contributed by atoms with Gasteiger partial charge < -0.3 is 8.92 Å². The molecule has 0 spiro atoms. The Morgan fingerprint density at radius 1 is 1.32 bits per heavy atom. The summed E-state index contributed by atoms with van der Waals surface area (Å²) in [6.07, 6.45) is 0.621. The van der Waals surface area contributed by atoms with Gasteiger partial charge in [-0.25, -0.2) is 4.79 Å². The molecule has 0 fully saturated rings. The zero-order valence-corrected chi connectivity index (χ0v) is 13.4. The van der Waals surface area contributed by atoms with Crippen molar-refractivity contribution in [1.82, 2.24) is 4.90 Å². The molecule has 1 aliphatic rings. The summed E-state index contributed by atoms with van der Waals surface area (Å²) >= 11 is 0. The van der Waals surface area contributed by atoms with E-state index in [4.69, 9.17) is 4.74 Å². The molecule has 0 saturated carbocycles. The molecule has 0 saturated heterocycles. The maximum Gasteiger partial charge on any atom is 0.534 e. The van der Waals surface area contributed by atoms with Crippen LogP contribution in [0.4, 0.5) is 18.0 Å². The Hall–Kier alpha value is -1.45. The van der Waals surface area contributed by atoms with Gasteiger partial charge in [-0.1, -0.05) is 0 Å². The third kappa shape index (κ3) is 4.79. The van der Waals surface area contributed by atoms with Crippen LogP contribution in [0.25, 0.3) is 0 Å². The monoisotopic (exact) mass is 345 g/mol. The predicted octanol–water partition coefficient (Wildman–Crippen LogP) is 2.77. The molecule has 6 nitrogen and oxygen atoms in total. The lowest BCUT2D eigenvalue weighted by atomic mass is 10.1. The van der Waals surface area contributed by atoms with Gasteiger partial charge in [-0.05, 0) is 40.2 Å². The highest BCUT2D eigenvalue weighted by molar-refractivity contribution is 7.87. The molecule has 22 heavy (non-hydrogen) atoms. The van der Waals surface area contributed by atoms with Crippen molar-refractivity contribution in [2.75, 3.05) is 6.54 Å². The fourth-order valence-corrected chi connectivity index (χ4v) is 2.13. The highest BCUT2D eigenvalue weighted by atomic mass is 32.2. The van der Waals surface area contributed by atoms with E-state index in [1.165, 1.54) is 6.08 Å². The Labute approximate surface area is 127 Å². The number of halogens is 3. The van der Waals surface area contributed by atoms with Gasteiger partial charge in [-0.3, -0.25) is 4.90 Å². The first-order valence-corrected chi connectivity index (χ1v) is 7.83. The summed E-state index contributed by atoms with van der Waals surface area (Å²) < 4.78 is 68.0. The number of rotatable bonds is 2. The number of hydrogen-bond donors (Lipinski definition) is 0. The minimum Gasteiger partial charge on any atom is -0.444 e. The molecular formula is C12H18F3NO5S. The number of ether oxygens (including phenoxy) is 1. The first kappa shape index (κ1) is 18.6. The lowest BCUT2D eigenvalue weighted by Crippen LogP contribution is -2.45. The molecule has 128 valence electrons. The Bertz CT molecular complexity index is 562. The van der Waals surface area contributed by atoms with Gasteiger partial charge in [0, 0.05) is 6.04 Å². The average molecular weight is 345 g/mol. The van der Waals surface area contributed by atoms with Crippen LogP contribution in [-0.2, 0) is 19.0 Å². The maximum absolute atomic E-state index is 12.3. The molecule has 1 rings (SSSR count). The second kappa shape index (κ2) is 5.98. The molecule has 1 aliphatic heterocycles. The summed E-state index contributed by atoms with van der Waals surface area (Å²) in [5.41, 5.74) is -6.30. The average Bonchev–Trinajstić information content (AvgIpc) is 2.27. The molecule has 0 aromatic heterocycles. The highest BCUT2D eigenvalue weighted by Gasteiger charge is 2.49. The van der Waals surface area contributed by atoms with Crippen molar-refractivity contribution in [2.45, 2.75) is 51.3 Å². The summed E-state index contributed by atoms with van der Waals surface area (Å²) in [4.78, 5) is 13.1. The van der Waals surface area contributed by atoms with Gasteiger partial charge in [0.25, 0.3) is 0 Å². The van der Waals surface area contributed by atoms with E-state index in [9.17, 15) is 26.4 Å². The molecule has 0 aromatic rings. The Balaban J connectivity index is 2.85.